The Hall–Kier alpha value is -2.51. The Balaban J connectivity index is 1.44. The van der Waals surface area contributed by atoms with Crippen LogP contribution in [0.5, 0.6) is 5.75 Å². The molecule has 0 unspecified atom stereocenters. The number of rotatable bonds is 7. The summed E-state index contributed by atoms with van der Waals surface area (Å²) in [6, 6.07) is 12.5. The zero-order valence-corrected chi connectivity index (χ0v) is 19.2. The van der Waals surface area contributed by atoms with Gasteiger partial charge in [-0.05, 0) is 69.3 Å². The van der Waals surface area contributed by atoms with E-state index in [2.05, 4.69) is 48.6 Å². The number of ether oxygens (including phenoxy) is 1. The lowest BCUT2D eigenvalue weighted by atomic mass is 9.70. The third-order valence-corrected chi connectivity index (χ3v) is 7.41. The van der Waals surface area contributed by atoms with Gasteiger partial charge in [-0.15, -0.1) is 0 Å². The fraction of sp³-hybridized carbons (Fsp3) is 0.500. The van der Waals surface area contributed by atoms with Gasteiger partial charge in [0.05, 0.1) is 0 Å². The van der Waals surface area contributed by atoms with E-state index in [9.17, 15) is 9.18 Å². The number of aliphatic carboxylic acids is 1. The van der Waals surface area contributed by atoms with Gasteiger partial charge in [0, 0.05) is 18.5 Å². The second kappa shape index (κ2) is 9.77. The van der Waals surface area contributed by atoms with Crippen molar-refractivity contribution in [1.82, 2.24) is 10.2 Å². The molecule has 5 nitrogen and oxygen atoms in total. The van der Waals surface area contributed by atoms with Gasteiger partial charge in [0.25, 0.3) is 0 Å². The van der Waals surface area contributed by atoms with Gasteiger partial charge in [0.2, 0.25) is 0 Å². The Labute approximate surface area is 193 Å². The molecule has 0 amide bonds. The molecule has 2 aromatic carbocycles. The number of nitrogens with one attached hydrogen (secondary N) is 1. The normalized spacial score (nSPS) is 27.6. The first-order valence-corrected chi connectivity index (χ1v) is 11.6. The van der Waals surface area contributed by atoms with Gasteiger partial charge in [-0.1, -0.05) is 36.4 Å². The molecule has 0 radical (unpaired) electrons. The minimum absolute atomic E-state index is 0.0243. The second-order valence-electron chi connectivity index (χ2n) is 9.56. The molecule has 2 aliphatic rings. The fourth-order valence-electron chi connectivity index (χ4n) is 5.40. The molecule has 4 rings (SSSR count). The smallest absolute Gasteiger partial charge is 0.320 e. The molecular formula is C26H32F2N2O3. The summed E-state index contributed by atoms with van der Waals surface area (Å²) in [5.74, 6) is -2.50. The molecule has 1 aliphatic heterocycles. The Morgan fingerprint density at radius 1 is 1.15 bits per heavy atom. The van der Waals surface area contributed by atoms with Crippen LogP contribution in [0.3, 0.4) is 0 Å². The van der Waals surface area contributed by atoms with Crippen molar-refractivity contribution in [3.63, 3.8) is 0 Å². The van der Waals surface area contributed by atoms with Crippen LogP contribution in [-0.4, -0.2) is 48.8 Å². The summed E-state index contributed by atoms with van der Waals surface area (Å²) in [7, 11) is 4.23. The van der Waals surface area contributed by atoms with Gasteiger partial charge in [0.15, 0.2) is 17.4 Å². The van der Waals surface area contributed by atoms with E-state index in [1.165, 1.54) is 17.7 Å². The summed E-state index contributed by atoms with van der Waals surface area (Å²) in [4.78, 5) is 13.4. The van der Waals surface area contributed by atoms with E-state index < -0.39 is 35.5 Å². The van der Waals surface area contributed by atoms with Crippen LogP contribution in [0.25, 0.3) is 0 Å². The van der Waals surface area contributed by atoms with Gasteiger partial charge in [0.1, 0.15) is 12.1 Å². The predicted octanol–water partition coefficient (Wildman–Crippen LogP) is 4.35. The monoisotopic (exact) mass is 458 g/mol. The number of benzene rings is 2. The molecule has 2 N–H and O–H groups in total. The minimum atomic E-state index is -0.989. The Morgan fingerprint density at radius 2 is 1.85 bits per heavy atom. The Morgan fingerprint density at radius 3 is 2.45 bits per heavy atom. The number of carbonyl (C=O) groups is 1. The van der Waals surface area contributed by atoms with Crippen LogP contribution in [-0.2, 0) is 16.8 Å². The average Bonchev–Trinajstić information content (AvgIpc) is 3.29. The topological polar surface area (TPSA) is 61.8 Å². The number of nitrogens with zero attached hydrogens (tertiary/aromatic N) is 1. The van der Waals surface area contributed by atoms with Gasteiger partial charge in [-0.2, -0.15) is 0 Å². The largest absolute Gasteiger partial charge is 0.483 e. The summed E-state index contributed by atoms with van der Waals surface area (Å²) >= 11 is 0. The van der Waals surface area contributed by atoms with Crippen LogP contribution < -0.4 is 10.1 Å². The molecule has 1 saturated carbocycles. The van der Waals surface area contributed by atoms with Crippen molar-refractivity contribution in [3.8, 4) is 5.75 Å². The number of halogens is 2. The summed E-state index contributed by atoms with van der Waals surface area (Å²) in [5, 5.41) is 11.9. The molecular weight excluding hydrogens is 426 g/mol. The van der Waals surface area contributed by atoms with Crippen molar-refractivity contribution in [2.75, 3.05) is 20.6 Å². The van der Waals surface area contributed by atoms with Crippen LogP contribution in [0.1, 0.15) is 43.2 Å². The molecule has 7 heteroatoms. The Kier molecular flexibility index (Phi) is 7.00. The van der Waals surface area contributed by atoms with Gasteiger partial charge >= 0.3 is 5.97 Å². The van der Waals surface area contributed by atoms with E-state index in [0.717, 1.165) is 25.7 Å². The lowest BCUT2D eigenvalue weighted by Gasteiger charge is -2.45. The molecule has 1 saturated heterocycles. The second-order valence-corrected chi connectivity index (χ2v) is 9.56. The highest BCUT2D eigenvalue weighted by atomic mass is 19.1. The number of carboxylic acid groups (broad SMARTS) is 1. The molecule has 0 spiro atoms. The summed E-state index contributed by atoms with van der Waals surface area (Å²) < 4.78 is 35.2. The molecule has 1 aliphatic carbocycles. The molecule has 2 aromatic rings. The first-order chi connectivity index (χ1) is 15.8. The molecule has 2 fully saturated rings. The fourth-order valence-corrected chi connectivity index (χ4v) is 5.40. The highest BCUT2D eigenvalue weighted by molar-refractivity contribution is 5.73. The molecule has 0 bridgehead atoms. The van der Waals surface area contributed by atoms with Crippen LogP contribution in [0.4, 0.5) is 8.78 Å². The van der Waals surface area contributed by atoms with Crippen LogP contribution in [0.15, 0.2) is 42.5 Å². The van der Waals surface area contributed by atoms with Crippen molar-refractivity contribution >= 4 is 5.97 Å². The molecule has 178 valence electrons. The van der Waals surface area contributed by atoms with Crippen LogP contribution in [0, 0.1) is 17.6 Å². The first kappa shape index (κ1) is 23.6. The summed E-state index contributed by atoms with van der Waals surface area (Å²) in [5.41, 5.74) is 1.74. The standard InChI is InChI=1S/C26H32F2N2O3/c1-30(2)26(19-6-4-3-5-7-19)12-10-17(11-13-26)14-18-8-9-21(27)24(23(18)28)33-20-15-22(25(31)32)29-16-20/h3-9,17,20,22,29H,10-16H2,1-2H3,(H,31,32)/t17?,20-,22-,26?/m0/s1. The van der Waals surface area contributed by atoms with E-state index in [1.54, 1.807) is 0 Å². The van der Waals surface area contributed by atoms with E-state index in [4.69, 9.17) is 9.84 Å². The molecule has 1 heterocycles. The zero-order valence-electron chi connectivity index (χ0n) is 19.2. The number of carboxylic acids is 1. The quantitative estimate of drug-likeness (QED) is 0.646. The zero-order chi connectivity index (χ0) is 23.6. The maximum atomic E-state index is 15.2. The van der Waals surface area contributed by atoms with Crippen molar-refractivity contribution in [3.05, 3.63) is 65.2 Å². The van der Waals surface area contributed by atoms with E-state index >= 15 is 4.39 Å². The van der Waals surface area contributed by atoms with Gasteiger partial charge < -0.3 is 15.2 Å². The van der Waals surface area contributed by atoms with Crippen LogP contribution >= 0.6 is 0 Å². The lowest BCUT2D eigenvalue weighted by molar-refractivity contribution is -0.139. The minimum Gasteiger partial charge on any atom is -0.483 e. The van der Waals surface area contributed by atoms with Crippen molar-refractivity contribution in [1.29, 1.82) is 0 Å². The molecule has 2 atom stereocenters. The molecule has 0 aromatic heterocycles. The predicted molar refractivity (Wildman–Crippen MR) is 122 cm³/mol. The SMILES string of the molecule is CN(C)C1(c2ccccc2)CCC(Cc2ccc(F)c(O[C@@H]3CN[C@H](C(=O)O)C3)c2F)CC1. The highest BCUT2D eigenvalue weighted by Crippen LogP contribution is 2.44. The maximum absolute atomic E-state index is 15.2. The maximum Gasteiger partial charge on any atom is 0.320 e. The van der Waals surface area contributed by atoms with Gasteiger partial charge in [-0.3, -0.25) is 9.69 Å². The van der Waals surface area contributed by atoms with E-state index in [-0.39, 0.29) is 18.5 Å². The van der Waals surface area contributed by atoms with Gasteiger partial charge in [-0.25, -0.2) is 8.78 Å². The van der Waals surface area contributed by atoms with Crippen LogP contribution in [0.2, 0.25) is 0 Å². The third-order valence-electron chi connectivity index (χ3n) is 7.41. The third kappa shape index (κ3) is 4.89. The van der Waals surface area contributed by atoms with E-state index in [0.29, 0.717) is 17.9 Å². The average molecular weight is 459 g/mol. The molecule has 33 heavy (non-hydrogen) atoms. The number of hydrogen-bond acceptors (Lipinski definition) is 4. The highest BCUT2D eigenvalue weighted by Gasteiger charge is 2.39. The van der Waals surface area contributed by atoms with Crippen molar-refractivity contribution in [2.24, 2.45) is 5.92 Å². The first-order valence-electron chi connectivity index (χ1n) is 11.6. The van der Waals surface area contributed by atoms with Crippen molar-refractivity contribution in [2.45, 2.75) is 56.2 Å². The lowest BCUT2D eigenvalue weighted by Crippen LogP contribution is -2.44. The van der Waals surface area contributed by atoms with Crippen molar-refractivity contribution < 1.29 is 23.4 Å². The van der Waals surface area contributed by atoms with E-state index in [1.807, 2.05) is 6.07 Å². The number of hydrogen-bond donors (Lipinski definition) is 2. The summed E-state index contributed by atoms with van der Waals surface area (Å²) in [6.07, 6.45) is 3.98. The Bertz CT molecular complexity index is 975. The summed E-state index contributed by atoms with van der Waals surface area (Å²) in [6.45, 7) is 0.245.